The molecular weight excluding hydrogens is 382 g/mol. The summed E-state index contributed by atoms with van der Waals surface area (Å²) in [6.07, 6.45) is 2.45. The van der Waals surface area contributed by atoms with Crippen LogP contribution < -0.4 is 10.1 Å². The molecule has 0 fully saturated rings. The van der Waals surface area contributed by atoms with Crippen LogP contribution in [-0.4, -0.2) is 12.4 Å². The van der Waals surface area contributed by atoms with E-state index in [1.165, 1.54) is 16.3 Å². The van der Waals surface area contributed by atoms with Crippen LogP contribution in [0, 0.1) is 5.41 Å². The van der Waals surface area contributed by atoms with Crippen molar-refractivity contribution in [1.29, 1.82) is 0 Å². The molecule has 0 amide bonds. The lowest BCUT2D eigenvalue weighted by Crippen LogP contribution is -2.33. The Morgan fingerprint density at radius 2 is 1.77 bits per heavy atom. The van der Waals surface area contributed by atoms with Crippen molar-refractivity contribution in [1.82, 2.24) is 0 Å². The highest BCUT2D eigenvalue weighted by molar-refractivity contribution is 6.04. The molecule has 3 heteroatoms. The maximum absolute atomic E-state index is 13.5. The van der Waals surface area contributed by atoms with Gasteiger partial charge in [-0.2, -0.15) is 0 Å². The van der Waals surface area contributed by atoms with E-state index in [0.29, 0.717) is 13.0 Å². The van der Waals surface area contributed by atoms with E-state index in [0.717, 1.165) is 41.1 Å². The highest BCUT2D eigenvalue weighted by Gasteiger charge is 2.41. The largest absolute Gasteiger partial charge is 0.494 e. The minimum absolute atomic E-state index is 0.0281. The molecule has 3 aromatic rings. The fourth-order valence-electron chi connectivity index (χ4n) is 5.11. The third-order valence-corrected chi connectivity index (χ3v) is 6.44. The molecule has 31 heavy (non-hydrogen) atoms. The summed E-state index contributed by atoms with van der Waals surface area (Å²) in [5.41, 5.74) is 5.44. The number of carbonyl (C=O) groups is 1. The maximum Gasteiger partial charge on any atom is 0.162 e. The van der Waals surface area contributed by atoms with Crippen molar-refractivity contribution in [3.05, 3.63) is 83.1 Å². The van der Waals surface area contributed by atoms with E-state index in [2.05, 4.69) is 74.6 Å². The van der Waals surface area contributed by atoms with E-state index in [1.54, 1.807) is 0 Å². The minimum Gasteiger partial charge on any atom is -0.494 e. The summed E-state index contributed by atoms with van der Waals surface area (Å²) in [6.45, 7) is 7.18. The Balaban J connectivity index is 1.70. The van der Waals surface area contributed by atoms with Gasteiger partial charge in [-0.05, 0) is 58.4 Å². The van der Waals surface area contributed by atoms with Gasteiger partial charge in [0.2, 0.25) is 0 Å². The van der Waals surface area contributed by atoms with Gasteiger partial charge in [-0.1, -0.05) is 63.2 Å². The highest BCUT2D eigenvalue weighted by atomic mass is 16.5. The number of rotatable bonds is 4. The number of ether oxygens (including phenoxy) is 1. The lowest BCUT2D eigenvalue weighted by Gasteiger charge is -2.40. The number of fused-ring (bicyclic) bond motifs is 3. The summed E-state index contributed by atoms with van der Waals surface area (Å²) >= 11 is 0. The Hall–Kier alpha value is -3.07. The highest BCUT2D eigenvalue weighted by Crippen LogP contribution is 2.50. The molecule has 1 heterocycles. The minimum atomic E-state index is -0.0684. The van der Waals surface area contributed by atoms with Crippen molar-refractivity contribution in [2.45, 2.75) is 46.0 Å². The Kier molecular flexibility index (Phi) is 4.85. The second-order valence-corrected chi connectivity index (χ2v) is 9.56. The van der Waals surface area contributed by atoms with Gasteiger partial charge in [0.15, 0.2) is 5.78 Å². The van der Waals surface area contributed by atoms with Gasteiger partial charge in [0.25, 0.3) is 0 Å². The summed E-state index contributed by atoms with van der Waals surface area (Å²) in [4.78, 5) is 13.5. The molecule has 0 aromatic heterocycles. The lowest BCUT2D eigenvalue weighted by molar-refractivity contribution is -0.118. The van der Waals surface area contributed by atoms with Crippen molar-refractivity contribution in [2.75, 3.05) is 11.9 Å². The molecule has 1 N–H and O–H groups in total. The number of ketones is 1. The van der Waals surface area contributed by atoms with Gasteiger partial charge in [-0.25, -0.2) is 0 Å². The van der Waals surface area contributed by atoms with Gasteiger partial charge in [0, 0.05) is 29.3 Å². The molecule has 0 unspecified atom stereocenters. The number of allylic oxidation sites excluding steroid dienone is 2. The molecule has 1 aliphatic heterocycles. The van der Waals surface area contributed by atoms with Crippen molar-refractivity contribution in [2.24, 2.45) is 5.41 Å². The van der Waals surface area contributed by atoms with E-state index in [-0.39, 0.29) is 17.1 Å². The van der Waals surface area contributed by atoms with Crippen LogP contribution in [0.25, 0.3) is 10.8 Å². The van der Waals surface area contributed by atoms with E-state index < -0.39 is 0 Å². The average Bonchev–Trinajstić information content (AvgIpc) is 2.75. The van der Waals surface area contributed by atoms with E-state index >= 15 is 0 Å². The number of carbonyl (C=O) groups excluding carboxylic acids is 1. The number of hydrogen-bond donors (Lipinski definition) is 1. The van der Waals surface area contributed by atoms with Crippen LogP contribution in [0.5, 0.6) is 5.75 Å². The molecule has 0 saturated heterocycles. The molecule has 5 rings (SSSR count). The summed E-state index contributed by atoms with van der Waals surface area (Å²) in [7, 11) is 0. The van der Waals surface area contributed by atoms with E-state index in [9.17, 15) is 4.79 Å². The Bertz CT molecular complexity index is 1190. The van der Waals surface area contributed by atoms with Crippen molar-refractivity contribution < 1.29 is 9.53 Å². The summed E-state index contributed by atoms with van der Waals surface area (Å²) in [5.74, 6) is 1.07. The zero-order chi connectivity index (χ0) is 21.6. The summed E-state index contributed by atoms with van der Waals surface area (Å²) < 4.78 is 5.80. The first-order valence-electron chi connectivity index (χ1n) is 11.2. The lowest BCUT2D eigenvalue weighted by atomic mass is 9.68. The molecule has 0 radical (unpaired) electrons. The summed E-state index contributed by atoms with van der Waals surface area (Å²) in [5, 5.41) is 6.05. The Labute approximate surface area is 184 Å². The molecular formula is C28H29NO2. The van der Waals surface area contributed by atoms with Crippen molar-refractivity contribution in [3.8, 4) is 5.75 Å². The predicted octanol–water partition coefficient (Wildman–Crippen LogP) is 6.83. The number of hydrogen-bond acceptors (Lipinski definition) is 3. The molecule has 0 bridgehead atoms. The van der Waals surface area contributed by atoms with Crippen LogP contribution in [0.4, 0.5) is 5.69 Å². The fourth-order valence-corrected chi connectivity index (χ4v) is 5.11. The third kappa shape index (κ3) is 3.52. The number of benzene rings is 3. The van der Waals surface area contributed by atoms with Gasteiger partial charge in [0.05, 0.1) is 6.61 Å². The molecule has 2 aliphatic rings. The van der Waals surface area contributed by atoms with Gasteiger partial charge in [-0.3, -0.25) is 4.79 Å². The molecule has 1 atom stereocenters. The third-order valence-electron chi connectivity index (χ3n) is 6.44. The normalized spacial score (nSPS) is 19.6. The fraction of sp³-hybridized carbons (Fsp3) is 0.321. The first kappa shape index (κ1) is 19.9. The van der Waals surface area contributed by atoms with E-state index in [4.69, 9.17) is 4.74 Å². The zero-order valence-electron chi connectivity index (χ0n) is 18.5. The van der Waals surface area contributed by atoms with Crippen LogP contribution >= 0.6 is 0 Å². The second kappa shape index (κ2) is 7.56. The molecule has 158 valence electrons. The van der Waals surface area contributed by atoms with Gasteiger partial charge in [-0.15, -0.1) is 0 Å². The molecule has 3 nitrogen and oxygen atoms in total. The maximum atomic E-state index is 13.5. The Morgan fingerprint density at radius 3 is 2.55 bits per heavy atom. The molecule has 0 saturated carbocycles. The first-order chi connectivity index (χ1) is 15.0. The van der Waals surface area contributed by atoms with Gasteiger partial charge >= 0.3 is 0 Å². The second-order valence-electron chi connectivity index (χ2n) is 9.56. The van der Waals surface area contributed by atoms with Crippen molar-refractivity contribution in [3.63, 3.8) is 0 Å². The number of Topliss-reactive ketones (excluding diaryl/α,β-unsaturated/α-hetero) is 1. The predicted molar refractivity (Wildman–Crippen MR) is 127 cm³/mol. The smallest absolute Gasteiger partial charge is 0.162 e. The Morgan fingerprint density at radius 1 is 1.00 bits per heavy atom. The monoisotopic (exact) mass is 411 g/mol. The topological polar surface area (TPSA) is 38.3 Å². The molecule has 0 spiro atoms. The number of nitrogens with one attached hydrogen (secondary N) is 1. The summed E-state index contributed by atoms with van der Waals surface area (Å²) in [6, 6.07) is 21.1. The van der Waals surface area contributed by atoms with Gasteiger partial charge < -0.3 is 10.1 Å². The standard InChI is InChI=1S/C28H29NO2/c1-4-15-31-20-12-9-19(10-13-20)25-26-21-8-6-5-7-18(21)11-14-22(26)29-23-16-28(2,3)17-24(30)27(23)25/h5-14,25,29H,4,15-17H2,1-3H3/t25-/m1/s1. The quantitative estimate of drug-likeness (QED) is 0.511. The number of anilines is 1. The molecule has 3 aromatic carbocycles. The van der Waals surface area contributed by atoms with Crippen LogP contribution in [0.2, 0.25) is 0 Å². The average molecular weight is 412 g/mol. The van der Waals surface area contributed by atoms with Crippen LogP contribution in [0.1, 0.15) is 57.1 Å². The van der Waals surface area contributed by atoms with Crippen molar-refractivity contribution >= 4 is 22.2 Å². The van der Waals surface area contributed by atoms with Gasteiger partial charge in [0.1, 0.15) is 5.75 Å². The van der Waals surface area contributed by atoms with E-state index in [1.807, 2.05) is 12.1 Å². The first-order valence-corrected chi connectivity index (χ1v) is 11.2. The zero-order valence-corrected chi connectivity index (χ0v) is 18.5. The molecule has 1 aliphatic carbocycles. The van der Waals surface area contributed by atoms with Crippen LogP contribution in [0.15, 0.2) is 71.9 Å². The van der Waals surface area contributed by atoms with Crippen LogP contribution in [0.3, 0.4) is 0 Å². The van der Waals surface area contributed by atoms with Crippen LogP contribution in [-0.2, 0) is 4.79 Å². The SMILES string of the molecule is CCCOc1ccc([C@H]2C3=C(CC(C)(C)CC3=O)Nc3ccc4ccccc4c32)cc1.